The van der Waals surface area contributed by atoms with Crippen LogP contribution in [0.1, 0.15) is 36.5 Å². The third-order valence-electron chi connectivity index (χ3n) is 4.97. The number of thiocarbonyl (C=S) groups is 1. The van der Waals surface area contributed by atoms with E-state index in [2.05, 4.69) is 73.0 Å². The molecule has 2 aromatic carbocycles. The molecule has 0 radical (unpaired) electrons. The van der Waals surface area contributed by atoms with Gasteiger partial charge in [-0.15, -0.1) is 0 Å². The van der Waals surface area contributed by atoms with Crippen molar-refractivity contribution in [1.29, 1.82) is 0 Å². The minimum absolute atomic E-state index is 0.539. The quantitative estimate of drug-likeness (QED) is 0.670. The second kappa shape index (κ2) is 9.83. The van der Waals surface area contributed by atoms with Gasteiger partial charge in [0.2, 0.25) is 0 Å². The van der Waals surface area contributed by atoms with E-state index in [1.807, 2.05) is 0 Å². The van der Waals surface area contributed by atoms with Gasteiger partial charge in [0.15, 0.2) is 5.11 Å². The summed E-state index contributed by atoms with van der Waals surface area (Å²) in [6.07, 6.45) is 0. The van der Waals surface area contributed by atoms with Crippen LogP contribution in [-0.4, -0.2) is 31.4 Å². The SMILES string of the molecule is CC(C)c1ccc(NC(=S)NCc2ccc(C[NH+]3CCOCC3)cc2)cc1. The summed E-state index contributed by atoms with van der Waals surface area (Å²) in [5.74, 6) is 0.539. The molecule has 0 unspecified atom stereocenters. The average molecular weight is 385 g/mol. The molecular formula is C22H30N3OS+. The lowest BCUT2D eigenvalue weighted by Gasteiger charge is -2.23. The number of hydrogen-bond donors (Lipinski definition) is 3. The topological polar surface area (TPSA) is 37.7 Å². The number of anilines is 1. The largest absolute Gasteiger partial charge is 0.370 e. The zero-order valence-electron chi connectivity index (χ0n) is 16.3. The number of benzene rings is 2. The molecule has 0 bridgehead atoms. The zero-order chi connectivity index (χ0) is 19.1. The molecule has 0 spiro atoms. The van der Waals surface area contributed by atoms with E-state index in [9.17, 15) is 0 Å². The maximum atomic E-state index is 5.42. The summed E-state index contributed by atoms with van der Waals surface area (Å²) in [4.78, 5) is 1.60. The molecule has 3 N–H and O–H groups in total. The van der Waals surface area contributed by atoms with Crippen LogP contribution >= 0.6 is 12.2 Å². The Balaban J connectivity index is 1.44. The molecule has 0 amide bonds. The molecule has 4 nitrogen and oxygen atoms in total. The van der Waals surface area contributed by atoms with Crippen molar-refractivity contribution in [3.8, 4) is 0 Å². The Labute approximate surface area is 167 Å². The third-order valence-corrected chi connectivity index (χ3v) is 5.21. The summed E-state index contributed by atoms with van der Waals surface area (Å²) in [6.45, 7) is 10.1. The maximum Gasteiger partial charge on any atom is 0.171 e. The number of nitrogens with one attached hydrogen (secondary N) is 3. The predicted octanol–water partition coefficient (Wildman–Crippen LogP) is 2.71. The summed E-state index contributed by atoms with van der Waals surface area (Å²) in [5.41, 5.74) is 4.95. The molecule has 1 fully saturated rings. The van der Waals surface area contributed by atoms with Crippen molar-refractivity contribution >= 4 is 23.0 Å². The van der Waals surface area contributed by atoms with E-state index in [0.717, 1.165) is 45.1 Å². The fraction of sp³-hybridized carbons (Fsp3) is 0.409. The van der Waals surface area contributed by atoms with Crippen LogP contribution in [0.15, 0.2) is 48.5 Å². The zero-order valence-corrected chi connectivity index (χ0v) is 17.1. The van der Waals surface area contributed by atoms with Gasteiger partial charge < -0.3 is 20.3 Å². The minimum Gasteiger partial charge on any atom is -0.370 e. The molecule has 5 heteroatoms. The van der Waals surface area contributed by atoms with Crippen LogP contribution < -0.4 is 15.5 Å². The van der Waals surface area contributed by atoms with Crippen molar-refractivity contribution in [2.24, 2.45) is 0 Å². The van der Waals surface area contributed by atoms with Crippen molar-refractivity contribution in [2.75, 3.05) is 31.6 Å². The van der Waals surface area contributed by atoms with Crippen molar-refractivity contribution in [2.45, 2.75) is 32.9 Å². The molecule has 1 aliphatic heterocycles. The molecule has 0 saturated carbocycles. The summed E-state index contributed by atoms with van der Waals surface area (Å²) < 4.78 is 5.42. The van der Waals surface area contributed by atoms with Crippen molar-refractivity contribution in [3.63, 3.8) is 0 Å². The fourth-order valence-electron chi connectivity index (χ4n) is 3.21. The van der Waals surface area contributed by atoms with Gasteiger partial charge in [-0.05, 0) is 41.4 Å². The molecule has 0 atom stereocenters. The Bertz CT molecular complexity index is 722. The van der Waals surface area contributed by atoms with Crippen LogP contribution in [-0.2, 0) is 17.8 Å². The highest BCUT2D eigenvalue weighted by Crippen LogP contribution is 2.17. The van der Waals surface area contributed by atoms with Crippen LogP contribution in [0.2, 0.25) is 0 Å². The molecule has 1 aliphatic rings. The second-order valence-corrected chi connectivity index (χ2v) is 7.85. The van der Waals surface area contributed by atoms with Crippen LogP contribution in [0, 0.1) is 0 Å². The number of hydrogen-bond acceptors (Lipinski definition) is 2. The van der Waals surface area contributed by atoms with E-state index < -0.39 is 0 Å². The lowest BCUT2D eigenvalue weighted by atomic mass is 10.0. The average Bonchev–Trinajstić information content (AvgIpc) is 2.69. The first-order valence-electron chi connectivity index (χ1n) is 9.74. The van der Waals surface area contributed by atoms with Crippen molar-refractivity contribution in [1.82, 2.24) is 5.32 Å². The molecule has 27 heavy (non-hydrogen) atoms. The fourth-order valence-corrected chi connectivity index (χ4v) is 3.40. The number of ether oxygens (including phenoxy) is 1. The maximum absolute atomic E-state index is 5.42. The van der Waals surface area contributed by atoms with Gasteiger partial charge in [0, 0.05) is 17.8 Å². The standard InChI is InChI=1S/C22H29N3OS/c1-17(2)20-7-9-21(10-8-20)24-22(27)23-15-18-3-5-19(6-4-18)16-25-11-13-26-14-12-25/h3-10,17H,11-16H2,1-2H3,(H2,23,24,27)/p+1. The van der Waals surface area contributed by atoms with E-state index in [1.54, 1.807) is 4.90 Å². The van der Waals surface area contributed by atoms with Crippen LogP contribution in [0.4, 0.5) is 5.69 Å². The highest BCUT2D eigenvalue weighted by Gasteiger charge is 2.13. The minimum atomic E-state index is 0.539. The third kappa shape index (κ3) is 6.31. The smallest absolute Gasteiger partial charge is 0.171 e. The molecule has 3 rings (SSSR count). The van der Waals surface area contributed by atoms with Gasteiger partial charge >= 0.3 is 0 Å². The van der Waals surface area contributed by atoms with Gasteiger partial charge in [0.05, 0.1) is 13.2 Å². The van der Waals surface area contributed by atoms with E-state index in [1.165, 1.54) is 16.7 Å². The predicted molar refractivity (Wildman–Crippen MR) is 115 cm³/mol. The van der Waals surface area contributed by atoms with Gasteiger partial charge in [-0.3, -0.25) is 0 Å². The Morgan fingerprint density at radius 1 is 1.00 bits per heavy atom. The Morgan fingerprint density at radius 2 is 1.63 bits per heavy atom. The van der Waals surface area contributed by atoms with E-state index in [-0.39, 0.29) is 0 Å². The molecule has 0 aliphatic carbocycles. The van der Waals surface area contributed by atoms with E-state index in [4.69, 9.17) is 17.0 Å². The van der Waals surface area contributed by atoms with Crippen molar-refractivity contribution < 1.29 is 9.64 Å². The normalized spacial score (nSPS) is 14.9. The van der Waals surface area contributed by atoms with Crippen LogP contribution in [0.25, 0.3) is 0 Å². The first kappa shape index (κ1) is 19.8. The number of morpholine rings is 1. The summed E-state index contributed by atoms with van der Waals surface area (Å²) in [5, 5.41) is 7.18. The van der Waals surface area contributed by atoms with Crippen LogP contribution in [0.5, 0.6) is 0 Å². The van der Waals surface area contributed by atoms with E-state index >= 15 is 0 Å². The molecule has 2 aromatic rings. The summed E-state index contributed by atoms with van der Waals surface area (Å²) in [6, 6.07) is 17.2. The monoisotopic (exact) mass is 384 g/mol. The highest BCUT2D eigenvalue weighted by atomic mass is 32.1. The number of rotatable bonds is 6. The molecular weight excluding hydrogens is 354 g/mol. The van der Waals surface area contributed by atoms with Gasteiger partial charge in [0.1, 0.15) is 19.6 Å². The molecule has 144 valence electrons. The molecule has 0 aromatic heterocycles. The van der Waals surface area contributed by atoms with Gasteiger partial charge in [-0.25, -0.2) is 0 Å². The lowest BCUT2D eigenvalue weighted by molar-refractivity contribution is -0.921. The van der Waals surface area contributed by atoms with Gasteiger partial charge in [-0.2, -0.15) is 0 Å². The number of quaternary nitrogens is 1. The first-order valence-corrected chi connectivity index (χ1v) is 10.1. The molecule has 1 saturated heterocycles. The Kier molecular flexibility index (Phi) is 7.21. The lowest BCUT2D eigenvalue weighted by Crippen LogP contribution is -3.12. The second-order valence-electron chi connectivity index (χ2n) is 7.44. The van der Waals surface area contributed by atoms with Gasteiger partial charge in [-0.1, -0.05) is 50.2 Å². The Morgan fingerprint density at radius 3 is 2.26 bits per heavy atom. The van der Waals surface area contributed by atoms with Crippen LogP contribution in [0.3, 0.4) is 0 Å². The summed E-state index contributed by atoms with van der Waals surface area (Å²) >= 11 is 5.42. The van der Waals surface area contributed by atoms with Gasteiger partial charge in [0.25, 0.3) is 0 Å². The Hall–Kier alpha value is -1.95. The highest BCUT2D eigenvalue weighted by molar-refractivity contribution is 7.80. The van der Waals surface area contributed by atoms with E-state index in [0.29, 0.717) is 11.0 Å². The van der Waals surface area contributed by atoms with Crippen molar-refractivity contribution in [3.05, 3.63) is 65.2 Å². The molecule has 1 heterocycles. The summed E-state index contributed by atoms with van der Waals surface area (Å²) in [7, 11) is 0. The first-order chi connectivity index (χ1) is 13.1.